The molecule has 7 nitrogen and oxygen atoms in total. The lowest BCUT2D eigenvalue weighted by Crippen LogP contribution is -2.41. The van der Waals surface area contributed by atoms with Crippen LogP contribution >= 0.6 is 11.6 Å². The molecule has 2 aliphatic carbocycles. The van der Waals surface area contributed by atoms with Crippen molar-refractivity contribution in [3.8, 4) is 6.07 Å². The molecular formula is C27H28ClN5O2. The summed E-state index contributed by atoms with van der Waals surface area (Å²) in [7, 11) is 0. The Hall–Kier alpha value is -2.95. The largest absolute Gasteiger partial charge is 0.391 e. The maximum Gasteiger partial charge on any atom is 0.272 e. The van der Waals surface area contributed by atoms with E-state index in [0.29, 0.717) is 47.6 Å². The molecule has 1 amide bonds. The summed E-state index contributed by atoms with van der Waals surface area (Å²) in [5, 5.41) is 26.8. The second-order valence-electron chi connectivity index (χ2n) is 10.2. The van der Waals surface area contributed by atoms with Crippen LogP contribution in [0.15, 0.2) is 35.4 Å². The zero-order valence-corrected chi connectivity index (χ0v) is 20.3. The van der Waals surface area contributed by atoms with Gasteiger partial charge in [0.05, 0.1) is 39.8 Å². The molecule has 2 unspecified atom stereocenters. The van der Waals surface area contributed by atoms with Crippen LogP contribution in [0.4, 0.5) is 5.69 Å². The third-order valence-corrected chi connectivity index (χ3v) is 8.41. The molecule has 6 rings (SSSR count). The summed E-state index contributed by atoms with van der Waals surface area (Å²) in [6.45, 7) is 0.941. The molecule has 2 aliphatic heterocycles. The number of amides is 1. The van der Waals surface area contributed by atoms with Crippen molar-refractivity contribution < 1.29 is 9.90 Å². The van der Waals surface area contributed by atoms with Crippen LogP contribution in [-0.2, 0) is 6.42 Å². The molecule has 0 bridgehead atoms. The number of likely N-dealkylation sites (tertiary alicyclic amines) is 1. The summed E-state index contributed by atoms with van der Waals surface area (Å²) in [5.74, 6) is 0.752. The quantitative estimate of drug-likeness (QED) is 0.698. The van der Waals surface area contributed by atoms with Gasteiger partial charge in [-0.15, -0.1) is 0 Å². The highest BCUT2D eigenvalue weighted by atomic mass is 35.5. The van der Waals surface area contributed by atoms with Crippen molar-refractivity contribution in [3.63, 3.8) is 0 Å². The van der Waals surface area contributed by atoms with Crippen LogP contribution in [-0.4, -0.2) is 51.8 Å². The molecule has 4 aliphatic rings. The predicted molar refractivity (Wildman–Crippen MR) is 134 cm³/mol. The van der Waals surface area contributed by atoms with E-state index in [1.807, 2.05) is 24.3 Å². The smallest absolute Gasteiger partial charge is 0.272 e. The number of anilines is 1. The minimum atomic E-state index is -0.445. The van der Waals surface area contributed by atoms with E-state index in [-0.39, 0.29) is 11.9 Å². The number of nitrogens with zero attached hydrogens (tertiary/aromatic N) is 5. The van der Waals surface area contributed by atoms with Crippen molar-refractivity contribution in [1.29, 1.82) is 5.26 Å². The minimum absolute atomic E-state index is 0.113. The number of rotatable bonds is 3. The first-order valence-electron chi connectivity index (χ1n) is 12.6. The normalized spacial score (nSPS) is 25.9. The number of aromatic nitrogens is 1. The molecule has 1 aromatic carbocycles. The molecule has 1 saturated carbocycles. The van der Waals surface area contributed by atoms with Crippen LogP contribution in [0.25, 0.3) is 0 Å². The molecule has 1 saturated heterocycles. The van der Waals surface area contributed by atoms with E-state index in [4.69, 9.17) is 21.7 Å². The number of hydrogen-bond donors (Lipinski definition) is 1. The Morgan fingerprint density at radius 3 is 2.69 bits per heavy atom. The van der Waals surface area contributed by atoms with Crippen LogP contribution in [0.2, 0.25) is 5.02 Å². The van der Waals surface area contributed by atoms with Gasteiger partial charge in [0.15, 0.2) is 0 Å². The van der Waals surface area contributed by atoms with E-state index in [2.05, 4.69) is 11.1 Å². The van der Waals surface area contributed by atoms with Crippen molar-refractivity contribution in [2.24, 2.45) is 16.9 Å². The number of pyridine rings is 1. The molecule has 8 heteroatoms. The molecule has 2 fully saturated rings. The van der Waals surface area contributed by atoms with Gasteiger partial charge in [-0.3, -0.25) is 9.80 Å². The van der Waals surface area contributed by atoms with Gasteiger partial charge in [-0.2, -0.15) is 10.4 Å². The first-order valence-corrected chi connectivity index (χ1v) is 13.0. The summed E-state index contributed by atoms with van der Waals surface area (Å²) in [4.78, 5) is 19.4. The number of nitriles is 1. The molecule has 2 aromatic rings. The van der Waals surface area contributed by atoms with Gasteiger partial charge in [0.2, 0.25) is 0 Å². The number of hydrazone groups is 1. The molecule has 3 atom stereocenters. The van der Waals surface area contributed by atoms with Crippen LogP contribution in [0.3, 0.4) is 0 Å². The van der Waals surface area contributed by atoms with E-state index < -0.39 is 6.10 Å². The monoisotopic (exact) mass is 489 g/mol. The van der Waals surface area contributed by atoms with Crippen LogP contribution in [0.5, 0.6) is 0 Å². The second-order valence-corrected chi connectivity index (χ2v) is 10.6. The third kappa shape index (κ3) is 3.89. The fraction of sp³-hybridized carbons (Fsp3) is 0.481. The Morgan fingerprint density at radius 1 is 1.14 bits per heavy atom. The average molecular weight is 490 g/mol. The highest BCUT2D eigenvalue weighted by molar-refractivity contribution is 6.32. The van der Waals surface area contributed by atoms with E-state index in [0.717, 1.165) is 35.5 Å². The average Bonchev–Trinajstić information content (AvgIpc) is 3.62. The number of halogens is 1. The van der Waals surface area contributed by atoms with E-state index in [1.54, 1.807) is 11.0 Å². The lowest BCUT2D eigenvalue weighted by atomic mass is 9.76. The fourth-order valence-corrected chi connectivity index (χ4v) is 6.59. The van der Waals surface area contributed by atoms with Gasteiger partial charge >= 0.3 is 0 Å². The van der Waals surface area contributed by atoms with E-state index in [9.17, 15) is 15.2 Å². The minimum Gasteiger partial charge on any atom is -0.391 e. The number of β-amino-alcohol motifs (C(OH)–C–C–N with tert-alkyl or cyclic N) is 1. The van der Waals surface area contributed by atoms with Crippen molar-refractivity contribution in [3.05, 3.63) is 57.9 Å². The third-order valence-electron chi connectivity index (χ3n) is 8.09. The molecule has 180 valence electrons. The summed E-state index contributed by atoms with van der Waals surface area (Å²) >= 11 is 6.40. The van der Waals surface area contributed by atoms with Gasteiger partial charge in [-0.25, -0.2) is 4.98 Å². The summed E-state index contributed by atoms with van der Waals surface area (Å²) in [5.41, 5.74) is 4.83. The number of carbonyl (C=O) groups excluding carboxylic acids is 1. The number of fused-ring (bicyclic) bond motifs is 3. The number of carbonyl (C=O) groups is 1. The zero-order valence-electron chi connectivity index (χ0n) is 19.5. The molecular weight excluding hydrogens is 462 g/mol. The van der Waals surface area contributed by atoms with Crippen LogP contribution < -0.4 is 5.01 Å². The van der Waals surface area contributed by atoms with Crippen LogP contribution in [0, 0.1) is 23.2 Å². The Kier molecular flexibility index (Phi) is 5.74. The summed E-state index contributed by atoms with van der Waals surface area (Å²) < 4.78 is 0. The standard InChI is InChI=1S/C27H28ClN5O2/c28-22-13-18(6-5-17(22)14-29)33-26(16-3-1-2-4-16)21-8-9-23-20(25(21)31-33)7-10-24(30-23)27(35)32-12-11-19(34)15-32/h5-7,10,13,16,19,21,26,34H,1-4,8-9,11-12,15H2/t19-,21?,26?/m1/s1. The van der Waals surface area contributed by atoms with E-state index >= 15 is 0 Å². The second kappa shape index (κ2) is 8.92. The maximum absolute atomic E-state index is 12.9. The number of aliphatic hydroxyl groups is 1. The summed E-state index contributed by atoms with van der Waals surface area (Å²) in [6, 6.07) is 11.8. The fourth-order valence-electron chi connectivity index (χ4n) is 6.37. The predicted octanol–water partition coefficient (Wildman–Crippen LogP) is 4.16. The molecule has 0 spiro atoms. The highest BCUT2D eigenvalue weighted by Crippen LogP contribution is 2.45. The Balaban J connectivity index is 1.35. The molecule has 1 aromatic heterocycles. The lowest BCUT2D eigenvalue weighted by Gasteiger charge is -2.34. The first-order chi connectivity index (χ1) is 17.0. The van der Waals surface area contributed by atoms with E-state index in [1.165, 1.54) is 25.7 Å². The van der Waals surface area contributed by atoms with Gasteiger partial charge in [-0.1, -0.05) is 24.4 Å². The molecule has 3 heterocycles. The Morgan fingerprint density at radius 2 is 1.97 bits per heavy atom. The molecule has 0 radical (unpaired) electrons. The first kappa shape index (κ1) is 22.5. The van der Waals surface area contributed by atoms with Crippen LogP contribution in [0.1, 0.15) is 65.8 Å². The Bertz CT molecular complexity index is 1250. The number of aliphatic hydroxyl groups excluding tert-OH is 1. The number of hydrogen-bond acceptors (Lipinski definition) is 6. The zero-order chi connectivity index (χ0) is 24.1. The van der Waals surface area contributed by atoms with Gasteiger partial charge in [0.1, 0.15) is 11.8 Å². The van der Waals surface area contributed by atoms with Gasteiger partial charge in [0.25, 0.3) is 5.91 Å². The van der Waals surface area contributed by atoms with Gasteiger partial charge < -0.3 is 10.0 Å². The Labute approximate surface area is 210 Å². The van der Waals surface area contributed by atoms with Crippen molar-refractivity contribution >= 4 is 28.9 Å². The number of benzene rings is 1. The lowest BCUT2D eigenvalue weighted by molar-refractivity contribution is 0.0759. The molecule has 35 heavy (non-hydrogen) atoms. The SMILES string of the molecule is N#Cc1ccc(N2N=C3c4ccc(C(=O)N5CC[C@@H](O)C5)nc4CCC3C2C2CCCC2)cc1Cl. The summed E-state index contributed by atoms with van der Waals surface area (Å²) in [6.07, 6.45) is 6.83. The van der Waals surface area contributed by atoms with Crippen molar-refractivity contribution in [2.75, 3.05) is 18.1 Å². The van der Waals surface area contributed by atoms with Gasteiger partial charge in [0, 0.05) is 24.6 Å². The molecule has 1 N–H and O–H groups in total. The van der Waals surface area contributed by atoms with Gasteiger partial charge in [-0.05, 0) is 68.4 Å². The highest BCUT2D eigenvalue weighted by Gasteiger charge is 2.46. The van der Waals surface area contributed by atoms with Crippen molar-refractivity contribution in [1.82, 2.24) is 9.88 Å². The maximum atomic E-state index is 12.9. The van der Waals surface area contributed by atoms with Crippen molar-refractivity contribution in [2.45, 2.75) is 57.1 Å². The topological polar surface area (TPSA) is 92.8 Å². The number of aryl methyl sites for hydroxylation is 1.